The van der Waals surface area contributed by atoms with Crippen LogP contribution in [0.25, 0.3) is 16.9 Å². The molecule has 0 aliphatic heterocycles. The summed E-state index contributed by atoms with van der Waals surface area (Å²) < 4.78 is 7.33. The van der Waals surface area contributed by atoms with Crippen LogP contribution in [0.2, 0.25) is 0 Å². The molecule has 1 heterocycles. The monoisotopic (exact) mass is 384 g/mol. The van der Waals surface area contributed by atoms with Crippen LogP contribution in [0.15, 0.2) is 84.9 Å². The summed E-state index contributed by atoms with van der Waals surface area (Å²) in [5.74, 6) is 0.457. The van der Waals surface area contributed by atoms with Gasteiger partial charge in [-0.05, 0) is 66.6 Å². The van der Waals surface area contributed by atoms with Crippen LogP contribution in [0.5, 0.6) is 11.5 Å². The number of carboxylic acids is 1. The van der Waals surface area contributed by atoms with Gasteiger partial charge in [0.05, 0.1) is 11.4 Å². The van der Waals surface area contributed by atoms with E-state index in [0.717, 1.165) is 17.7 Å². The van der Waals surface area contributed by atoms with Crippen molar-refractivity contribution in [3.05, 3.63) is 96.2 Å². The zero-order valence-corrected chi connectivity index (χ0v) is 15.9. The summed E-state index contributed by atoms with van der Waals surface area (Å²) >= 11 is 0. The predicted molar refractivity (Wildman–Crippen MR) is 112 cm³/mol. The lowest BCUT2D eigenvalue weighted by atomic mass is 10.1. The number of hydrogen-bond acceptors (Lipinski definition) is 3. The molecule has 1 aromatic heterocycles. The molecule has 0 bridgehead atoms. The van der Waals surface area contributed by atoms with Crippen LogP contribution >= 0.6 is 0 Å². The second-order valence-corrected chi connectivity index (χ2v) is 6.59. The molecule has 0 fully saturated rings. The number of para-hydroxylation sites is 1. The number of carboxylic acid groups (broad SMARTS) is 1. The zero-order chi connectivity index (χ0) is 20.2. The molecule has 0 amide bonds. The van der Waals surface area contributed by atoms with E-state index >= 15 is 0 Å². The highest BCUT2D eigenvalue weighted by molar-refractivity contribution is 5.88. The highest BCUT2D eigenvalue weighted by atomic mass is 16.5. The molecule has 0 atom stereocenters. The third-order valence-corrected chi connectivity index (χ3v) is 4.65. The molecule has 0 saturated carbocycles. The summed E-state index contributed by atoms with van der Waals surface area (Å²) in [6.45, 7) is 2.11. The standard InChI is InChI=1S/C24H20N2O3/c1-2-17-8-12-20(13-9-17)29-21-14-10-18(11-15-21)22-16-23(24(27)28)26(25-22)19-6-4-3-5-7-19/h3-16H,2H2,1H3,(H,27,28). The summed E-state index contributed by atoms with van der Waals surface area (Å²) in [4.78, 5) is 11.7. The third-order valence-electron chi connectivity index (χ3n) is 4.65. The summed E-state index contributed by atoms with van der Waals surface area (Å²) in [7, 11) is 0. The van der Waals surface area contributed by atoms with E-state index in [1.165, 1.54) is 10.2 Å². The number of benzene rings is 3. The van der Waals surface area contributed by atoms with Crippen LogP contribution in [0, 0.1) is 0 Å². The number of ether oxygens (including phenoxy) is 1. The maximum atomic E-state index is 11.7. The summed E-state index contributed by atoms with van der Waals surface area (Å²) in [5, 5.41) is 14.1. The van der Waals surface area contributed by atoms with Crippen LogP contribution in [-0.2, 0) is 6.42 Å². The Bertz CT molecular complexity index is 1120. The van der Waals surface area contributed by atoms with Crippen molar-refractivity contribution in [3.8, 4) is 28.4 Å². The van der Waals surface area contributed by atoms with Gasteiger partial charge in [0.1, 0.15) is 11.5 Å². The zero-order valence-electron chi connectivity index (χ0n) is 15.9. The first-order chi connectivity index (χ1) is 14.1. The quantitative estimate of drug-likeness (QED) is 0.470. The van der Waals surface area contributed by atoms with Crippen LogP contribution in [0.4, 0.5) is 0 Å². The van der Waals surface area contributed by atoms with Gasteiger partial charge in [-0.25, -0.2) is 9.48 Å². The number of rotatable bonds is 6. The Morgan fingerprint density at radius 3 is 2.14 bits per heavy atom. The van der Waals surface area contributed by atoms with Crippen molar-refractivity contribution in [3.63, 3.8) is 0 Å². The number of aromatic nitrogens is 2. The highest BCUT2D eigenvalue weighted by Crippen LogP contribution is 2.27. The molecule has 5 nitrogen and oxygen atoms in total. The van der Waals surface area contributed by atoms with Crippen LogP contribution in [0.3, 0.4) is 0 Å². The minimum Gasteiger partial charge on any atom is -0.477 e. The topological polar surface area (TPSA) is 64.3 Å². The van der Waals surface area contributed by atoms with Gasteiger partial charge in [-0.15, -0.1) is 0 Å². The van der Waals surface area contributed by atoms with E-state index in [-0.39, 0.29) is 5.69 Å². The fraction of sp³-hybridized carbons (Fsp3) is 0.0833. The molecule has 0 radical (unpaired) electrons. The van der Waals surface area contributed by atoms with Gasteiger partial charge in [0.15, 0.2) is 5.69 Å². The Morgan fingerprint density at radius 1 is 0.931 bits per heavy atom. The number of nitrogens with zero attached hydrogens (tertiary/aromatic N) is 2. The molecular formula is C24H20N2O3. The number of hydrogen-bond donors (Lipinski definition) is 1. The maximum absolute atomic E-state index is 11.7. The van der Waals surface area contributed by atoms with Gasteiger partial charge in [-0.3, -0.25) is 0 Å². The van der Waals surface area contributed by atoms with Gasteiger partial charge in [0, 0.05) is 5.56 Å². The fourth-order valence-electron chi connectivity index (χ4n) is 3.06. The highest BCUT2D eigenvalue weighted by Gasteiger charge is 2.16. The fourth-order valence-corrected chi connectivity index (χ4v) is 3.06. The smallest absolute Gasteiger partial charge is 0.354 e. The average Bonchev–Trinajstić information content (AvgIpc) is 3.21. The van der Waals surface area contributed by atoms with E-state index in [2.05, 4.69) is 12.0 Å². The van der Waals surface area contributed by atoms with Crippen molar-refractivity contribution in [2.75, 3.05) is 0 Å². The molecule has 0 unspecified atom stereocenters. The maximum Gasteiger partial charge on any atom is 0.354 e. The van der Waals surface area contributed by atoms with Gasteiger partial charge in [-0.1, -0.05) is 37.3 Å². The molecule has 0 saturated heterocycles. The molecule has 3 aromatic carbocycles. The third kappa shape index (κ3) is 4.04. The van der Waals surface area contributed by atoms with E-state index in [4.69, 9.17) is 4.74 Å². The number of carbonyl (C=O) groups is 1. The van der Waals surface area contributed by atoms with E-state index < -0.39 is 5.97 Å². The van der Waals surface area contributed by atoms with E-state index in [9.17, 15) is 9.90 Å². The number of aryl methyl sites for hydroxylation is 1. The molecule has 0 aliphatic carbocycles. The Kier molecular flexibility index (Phi) is 5.12. The lowest BCUT2D eigenvalue weighted by molar-refractivity contribution is 0.0687. The molecule has 1 N–H and O–H groups in total. The molecular weight excluding hydrogens is 364 g/mol. The van der Waals surface area contributed by atoms with Crippen molar-refractivity contribution in [2.24, 2.45) is 0 Å². The van der Waals surface area contributed by atoms with Crippen LogP contribution in [-0.4, -0.2) is 20.9 Å². The first-order valence-electron chi connectivity index (χ1n) is 9.40. The SMILES string of the molecule is CCc1ccc(Oc2ccc(-c3cc(C(=O)O)n(-c4ccccc4)n3)cc2)cc1. The van der Waals surface area contributed by atoms with Crippen LogP contribution < -0.4 is 4.74 Å². The lowest BCUT2D eigenvalue weighted by Gasteiger charge is -2.07. The van der Waals surface area contributed by atoms with Crippen molar-refractivity contribution in [1.82, 2.24) is 9.78 Å². The molecule has 4 aromatic rings. The average molecular weight is 384 g/mol. The minimum atomic E-state index is -1.02. The van der Waals surface area contributed by atoms with Crippen molar-refractivity contribution in [2.45, 2.75) is 13.3 Å². The van der Waals surface area contributed by atoms with E-state index in [1.807, 2.05) is 78.9 Å². The predicted octanol–water partition coefficient (Wildman–Crippen LogP) is 5.59. The second-order valence-electron chi connectivity index (χ2n) is 6.59. The largest absolute Gasteiger partial charge is 0.477 e. The first-order valence-corrected chi connectivity index (χ1v) is 9.40. The van der Waals surface area contributed by atoms with Gasteiger partial charge in [0.25, 0.3) is 0 Å². The van der Waals surface area contributed by atoms with E-state index in [0.29, 0.717) is 17.1 Å². The Hall–Kier alpha value is -3.86. The molecule has 144 valence electrons. The summed E-state index contributed by atoms with van der Waals surface area (Å²) in [6.07, 6.45) is 0.989. The molecule has 0 spiro atoms. The summed E-state index contributed by atoms with van der Waals surface area (Å²) in [5.41, 5.74) is 3.48. The molecule has 4 rings (SSSR count). The normalized spacial score (nSPS) is 10.7. The van der Waals surface area contributed by atoms with E-state index in [1.54, 1.807) is 6.07 Å². The second kappa shape index (κ2) is 8.02. The van der Waals surface area contributed by atoms with Gasteiger partial charge < -0.3 is 9.84 Å². The van der Waals surface area contributed by atoms with Crippen molar-refractivity contribution in [1.29, 1.82) is 0 Å². The lowest BCUT2D eigenvalue weighted by Crippen LogP contribution is -2.07. The Morgan fingerprint density at radius 2 is 1.55 bits per heavy atom. The minimum absolute atomic E-state index is 0.113. The van der Waals surface area contributed by atoms with Crippen molar-refractivity contribution < 1.29 is 14.6 Å². The first kappa shape index (κ1) is 18.5. The molecule has 29 heavy (non-hydrogen) atoms. The van der Waals surface area contributed by atoms with Crippen molar-refractivity contribution >= 4 is 5.97 Å². The van der Waals surface area contributed by atoms with Gasteiger partial charge in [-0.2, -0.15) is 5.10 Å². The van der Waals surface area contributed by atoms with Gasteiger partial charge >= 0.3 is 5.97 Å². The molecule has 5 heteroatoms. The number of aromatic carboxylic acids is 1. The summed E-state index contributed by atoms with van der Waals surface area (Å²) in [6, 6.07) is 26.3. The van der Waals surface area contributed by atoms with Crippen LogP contribution in [0.1, 0.15) is 23.0 Å². The molecule has 0 aliphatic rings. The van der Waals surface area contributed by atoms with Gasteiger partial charge in [0.2, 0.25) is 0 Å². The Balaban J connectivity index is 1.59. The Labute approximate surface area is 168 Å².